The second kappa shape index (κ2) is 19.6. The lowest BCUT2D eigenvalue weighted by atomic mass is 9.72. The number of halogens is 1. The first-order valence-electron chi connectivity index (χ1n) is 22.2. The fraction of sp³-hybridized carbons (Fsp3) is 0.404. The molecule has 2 saturated heterocycles. The summed E-state index contributed by atoms with van der Waals surface area (Å²) in [7, 11) is -6.58. The van der Waals surface area contributed by atoms with Crippen LogP contribution in [0.3, 0.4) is 0 Å². The number of nitrogens with zero attached hydrogens (tertiary/aromatic N) is 5. The van der Waals surface area contributed by atoms with Gasteiger partial charge in [-0.3, -0.25) is 29.6 Å². The number of hydrogen-bond donors (Lipinski definition) is 5. The average Bonchev–Trinajstić information content (AvgIpc) is 3.76. The molecular weight excluding hydrogens is 903 g/mol. The van der Waals surface area contributed by atoms with Crippen molar-refractivity contribution in [1.82, 2.24) is 24.5 Å². The van der Waals surface area contributed by atoms with Crippen LogP contribution in [0.25, 0.3) is 16.6 Å². The number of anilines is 2. The Morgan fingerprint density at radius 3 is 2.47 bits per heavy atom. The highest BCUT2D eigenvalue weighted by Crippen LogP contribution is 2.51. The standard InChI is InChI=1S/C47H56ClN8O8PS/c1-47(2)14-12-34(41(27-47)32-4-6-35(48)7-5-32)29-53-16-18-55(19-17-53)37-8-10-40(44(25-37)64-38-24-33-13-15-49-45(33)50-28-38)46(58)52-66(62,63)39-9-11-42(43(26-39)56(59)60)51-36(31-57)30-54-20-22-65(3,61)23-21-54/h4-11,13,15,24-26,28,36,51,57,61H,12,14,16-23,27,29-31H2,1-3H3,(H-,49,50,52,58)/p+1. The zero-order valence-corrected chi connectivity index (χ0v) is 39.8. The molecule has 1 unspecified atom stereocenters. The van der Waals surface area contributed by atoms with E-state index in [0.29, 0.717) is 56.4 Å². The van der Waals surface area contributed by atoms with E-state index in [0.717, 1.165) is 61.1 Å². The molecule has 2 fully saturated rings. The normalized spacial score (nSPS) is 18.5. The Labute approximate surface area is 390 Å². The number of amides is 1. The predicted molar refractivity (Wildman–Crippen MR) is 261 cm³/mol. The number of allylic oxidation sites excluding steroid dienone is 1. The van der Waals surface area contributed by atoms with Crippen LogP contribution in [0.15, 0.2) is 95.7 Å². The van der Waals surface area contributed by atoms with Gasteiger partial charge in [-0.05, 0) is 84.3 Å². The van der Waals surface area contributed by atoms with E-state index in [1.165, 1.54) is 41.1 Å². The molecule has 0 radical (unpaired) electrons. The molecule has 2 aromatic heterocycles. The second-order valence-electron chi connectivity index (χ2n) is 18.5. The van der Waals surface area contributed by atoms with Crippen molar-refractivity contribution in [3.05, 3.63) is 117 Å². The van der Waals surface area contributed by atoms with Crippen LogP contribution in [0.4, 0.5) is 17.1 Å². The summed E-state index contributed by atoms with van der Waals surface area (Å²) < 4.78 is 36.0. The van der Waals surface area contributed by atoms with Crippen molar-refractivity contribution in [2.45, 2.75) is 44.0 Å². The molecule has 66 heavy (non-hydrogen) atoms. The van der Waals surface area contributed by atoms with Gasteiger partial charge in [0.15, 0.2) is 0 Å². The lowest BCUT2D eigenvalue weighted by Crippen LogP contribution is -2.47. The lowest BCUT2D eigenvalue weighted by molar-refractivity contribution is -0.384. The number of nitro groups is 1. The van der Waals surface area contributed by atoms with Crippen LogP contribution in [-0.2, 0) is 10.0 Å². The van der Waals surface area contributed by atoms with Crippen molar-refractivity contribution >= 4 is 68.7 Å². The van der Waals surface area contributed by atoms with Gasteiger partial charge in [0.25, 0.3) is 21.6 Å². The maximum atomic E-state index is 14.0. The molecule has 2 aliphatic heterocycles. The zero-order valence-electron chi connectivity index (χ0n) is 37.4. The zero-order chi connectivity index (χ0) is 46.8. The molecule has 0 saturated carbocycles. The molecule has 8 rings (SSSR count). The minimum absolute atomic E-state index is 0.0127. The number of hydrogen-bond acceptors (Lipinski definition) is 13. The quantitative estimate of drug-likeness (QED) is 0.0393. The van der Waals surface area contributed by atoms with Crippen molar-refractivity contribution in [2.24, 2.45) is 5.41 Å². The van der Waals surface area contributed by atoms with Gasteiger partial charge in [-0.25, -0.2) is 18.1 Å². The molecule has 3 aromatic carbocycles. The third kappa shape index (κ3) is 11.3. The van der Waals surface area contributed by atoms with Crippen molar-refractivity contribution in [3.63, 3.8) is 0 Å². The van der Waals surface area contributed by atoms with Crippen molar-refractivity contribution < 1.29 is 32.9 Å². The van der Waals surface area contributed by atoms with Crippen LogP contribution >= 0.6 is 19.1 Å². The maximum Gasteiger partial charge on any atom is 0.293 e. The fourth-order valence-electron chi connectivity index (χ4n) is 8.97. The van der Waals surface area contributed by atoms with Crippen molar-refractivity contribution in [1.29, 1.82) is 0 Å². The SMILES string of the molecule is CC1(C)CCC(CN2CCN(c3ccc(C(=O)NS(=O)(=O)c4ccc(NC(CO)CN5CC[P+](C)(O)CC5)c([N+](=O)[O-])c4)c(Oc4cnc5[nH]ccc5c4)c3)CC2)=C(c2ccc(Cl)cc2)C1. The number of aliphatic hydroxyl groups is 1. The van der Waals surface area contributed by atoms with Crippen LogP contribution in [-0.4, -0.2) is 133 Å². The minimum Gasteiger partial charge on any atom is -0.455 e. The molecule has 1 amide bonds. The van der Waals surface area contributed by atoms with Gasteiger partial charge in [-0.2, -0.15) is 0 Å². The number of carbonyl (C=O) groups excluding carboxylic acids is 1. The number of aromatic amines is 1. The van der Waals surface area contributed by atoms with Crippen LogP contribution in [0.1, 0.15) is 49.0 Å². The number of aliphatic hydroxyl groups excluding tert-OH is 1. The summed E-state index contributed by atoms with van der Waals surface area (Å²) >= 11 is 6.24. The molecule has 350 valence electrons. The van der Waals surface area contributed by atoms with E-state index in [1.54, 1.807) is 24.4 Å². The third-order valence-corrected chi connectivity index (χ3v) is 16.8. The minimum atomic E-state index is -4.65. The van der Waals surface area contributed by atoms with Gasteiger partial charge < -0.3 is 25.0 Å². The van der Waals surface area contributed by atoms with Gasteiger partial charge in [0.05, 0.1) is 53.2 Å². The molecule has 3 aliphatic rings. The Hall–Kier alpha value is -5.13. The molecule has 16 nitrogen and oxygen atoms in total. The van der Waals surface area contributed by atoms with Crippen LogP contribution in [0.2, 0.25) is 5.02 Å². The van der Waals surface area contributed by atoms with Gasteiger partial charge in [0, 0.05) is 86.8 Å². The summed E-state index contributed by atoms with van der Waals surface area (Å²) in [6.45, 7) is 11.7. The molecule has 5 N–H and O–H groups in total. The fourth-order valence-corrected chi connectivity index (χ4v) is 11.7. The number of sulfonamides is 1. The number of piperazine rings is 1. The van der Waals surface area contributed by atoms with Crippen LogP contribution in [0.5, 0.6) is 11.5 Å². The molecule has 4 heterocycles. The predicted octanol–water partition coefficient (Wildman–Crippen LogP) is 7.46. The summed E-state index contributed by atoms with van der Waals surface area (Å²) in [6, 6.07) is 19.4. The monoisotopic (exact) mass is 959 g/mol. The highest BCUT2D eigenvalue weighted by atomic mass is 35.5. The van der Waals surface area contributed by atoms with Gasteiger partial charge in [0.1, 0.15) is 30.3 Å². The van der Waals surface area contributed by atoms with Crippen LogP contribution in [0, 0.1) is 15.5 Å². The number of H-pyrrole nitrogens is 1. The smallest absolute Gasteiger partial charge is 0.293 e. The number of benzene rings is 3. The van der Waals surface area contributed by atoms with E-state index in [9.17, 15) is 33.3 Å². The third-order valence-electron chi connectivity index (χ3n) is 12.9. The number of pyridine rings is 1. The number of rotatable bonds is 15. The Morgan fingerprint density at radius 1 is 1.02 bits per heavy atom. The summed E-state index contributed by atoms with van der Waals surface area (Å²) in [5, 5.41) is 26.9. The summed E-state index contributed by atoms with van der Waals surface area (Å²) in [5.74, 6) is -0.567. The largest absolute Gasteiger partial charge is 0.455 e. The summed E-state index contributed by atoms with van der Waals surface area (Å²) in [5.41, 5.74) is 5.12. The topological polar surface area (TPSA) is 206 Å². The Kier molecular flexibility index (Phi) is 14.1. The molecule has 0 bridgehead atoms. The van der Waals surface area contributed by atoms with E-state index in [-0.39, 0.29) is 29.0 Å². The van der Waals surface area contributed by atoms with Crippen molar-refractivity contribution in [3.8, 4) is 11.5 Å². The molecule has 1 aliphatic carbocycles. The number of nitro benzene ring substituents is 1. The van der Waals surface area contributed by atoms with E-state index < -0.39 is 45.0 Å². The molecule has 19 heteroatoms. The lowest BCUT2D eigenvalue weighted by Gasteiger charge is -2.39. The first kappa shape index (κ1) is 47.4. The van der Waals surface area contributed by atoms with E-state index >= 15 is 0 Å². The number of fused-ring (bicyclic) bond motifs is 1. The number of aromatic nitrogens is 2. The van der Waals surface area contributed by atoms with E-state index in [1.807, 2.05) is 24.9 Å². The van der Waals surface area contributed by atoms with Crippen LogP contribution < -0.4 is 19.7 Å². The summed E-state index contributed by atoms with van der Waals surface area (Å²) in [4.78, 5) is 49.7. The number of carbonyl (C=O) groups is 1. The molecule has 1 atom stereocenters. The first-order valence-corrected chi connectivity index (χ1v) is 26.6. The molecular formula is C47H57ClN8O8PS+. The van der Waals surface area contributed by atoms with Gasteiger partial charge in [-0.1, -0.05) is 43.2 Å². The van der Waals surface area contributed by atoms with Gasteiger partial charge in [-0.15, -0.1) is 0 Å². The highest BCUT2D eigenvalue weighted by molar-refractivity contribution is 7.90. The van der Waals surface area contributed by atoms with Crippen molar-refractivity contribution in [2.75, 3.05) is 88.2 Å². The Morgan fingerprint density at radius 2 is 1.76 bits per heavy atom. The Bertz CT molecular complexity index is 2730. The summed E-state index contributed by atoms with van der Waals surface area (Å²) in [6.07, 6.45) is 7.73. The number of nitrogens with one attached hydrogen (secondary N) is 3. The second-order valence-corrected chi connectivity index (χ2v) is 24.2. The highest BCUT2D eigenvalue weighted by Gasteiger charge is 2.36. The molecule has 0 spiro atoms. The average molecular weight is 961 g/mol. The molecule has 5 aromatic rings. The van der Waals surface area contributed by atoms with Gasteiger partial charge >= 0.3 is 0 Å². The first-order chi connectivity index (χ1) is 31.4. The number of ether oxygens (including phenoxy) is 1. The maximum absolute atomic E-state index is 14.0. The van der Waals surface area contributed by atoms with E-state index in [2.05, 4.69) is 60.7 Å². The van der Waals surface area contributed by atoms with Gasteiger partial charge in [0.2, 0.25) is 0 Å². The van der Waals surface area contributed by atoms with E-state index in [4.69, 9.17) is 16.3 Å². The Balaban J connectivity index is 0.992.